The van der Waals surface area contributed by atoms with Crippen molar-refractivity contribution >= 4 is 5.96 Å². The normalized spacial score (nSPS) is 11.2. The van der Waals surface area contributed by atoms with Crippen LogP contribution in [-0.2, 0) is 6.54 Å². The summed E-state index contributed by atoms with van der Waals surface area (Å²) < 4.78 is 0. The van der Waals surface area contributed by atoms with Crippen molar-refractivity contribution in [1.29, 1.82) is 0 Å². The first-order valence-electron chi connectivity index (χ1n) is 6.22. The van der Waals surface area contributed by atoms with Crippen LogP contribution in [0.2, 0.25) is 0 Å². The van der Waals surface area contributed by atoms with Gasteiger partial charge in [-0.3, -0.25) is 9.98 Å². The first-order chi connectivity index (χ1) is 9.33. The fraction of sp³-hybridized carbons (Fsp3) is 0.200. The number of benzene rings is 1. The number of hydrogen-bond donors (Lipinski definition) is 2. The van der Waals surface area contributed by atoms with Crippen molar-refractivity contribution in [2.75, 3.05) is 14.1 Å². The van der Waals surface area contributed by atoms with Crippen LogP contribution < -0.4 is 10.6 Å². The van der Waals surface area contributed by atoms with Gasteiger partial charge < -0.3 is 10.6 Å². The molecule has 0 aliphatic carbocycles. The van der Waals surface area contributed by atoms with E-state index in [1.807, 2.05) is 37.5 Å². The summed E-state index contributed by atoms with van der Waals surface area (Å²) in [4.78, 5) is 8.45. The van der Waals surface area contributed by atoms with Crippen molar-refractivity contribution in [2.45, 2.75) is 6.54 Å². The highest BCUT2D eigenvalue weighted by atomic mass is 15.1. The van der Waals surface area contributed by atoms with Crippen LogP contribution in [0.4, 0.5) is 0 Å². The maximum Gasteiger partial charge on any atom is 0.190 e. The van der Waals surface area contributed by atoms with E-state index in [1.165, 1.54) is 5.56 Å². The molecule has 98 valence electrons. The topological polar surface area (TPSA) is 49.3 Å². The molecule has 2 N–H and O–H groups in total. The van der Waals surface area contributed by atoms with E-state index < -0.39 is 0 Å². The monoisotopic (exact) mass is 254 g/mol. The van der Waals surface area contributed by atoms with Crippen LogP contribution in [0.1, 0.15) is 5.56 Å². The summed E-state index contributed by atoms with van der Waals surface area (Å²) in [7, 11) is 3.60. The molecule has 0 saturated heterocycles. The van der Waals surface area contributed by atoms with Crippen LogP contribution >= 0.6 is 0 Å². The Morgan fingerprint density at radius 3 is 2.79 bits per heavy atom. The molecule has 2 rings (SSSR count). The van der Waals surface area contributed by atoms with Crippen LogP contribution in [0.5, 0.6) is 0 Å². The number of nitrogens with one attached hydrogen (secondary N) is 2. The Kier molecular flexibility index (Phi) is 4.50. The molecule has 0 saturated carbocycles. The van der Waals surface area contributed by atoms with Gasteiger partial charge in [-0.05, 0) is 23.8 Å². The number of guanidine groups is 1. The molecule has 0 atom stereocenters. The molecule has 0 radical (unpaired) electrons. The van der Waals surface area contributed by atoms with Crippen LogP contribution in [0.15, 0.2) is 53.7 Å². The maximum absolute atomic E-state index is 4.36. The standard InChI is InChI=1S/C15H18N4/c1-16-15(17-2)19-11-12-6-5-7-13(10-12)14-8-3-4-9-18-14/h3-10H,11H2,1-2H3,(H2,16,17,19). The van der Waals surface area contributed by atoms with Gasteiger partial charge in [0.1, 0.15) is 0 Å². The number of rotatable bonds is 3. The minimum Gasteiger partial charge on any atom is -0.359 e. The minimum atomic E-state index is 0.730. The van der Waals surface area contributed by atoms with Crippen molar-refractivity contribution in [3.63, 3.8) is 0 Å². The van der Waals surface area contributed by atoms with Crippen molar-refractivity contribution < 1.29 is 0 Å². The molecular formula is C15H18N4. The fourth-order valence-corrected chi connectivity index (χ4v) is 1.84. The highest BCUT2D eigenvalue weighted by Crippen LogP contribution is 2.17. The van der Waals surface area contributed by atoms with Crippen molar-refractivity contribution in [2.24, 2.45) is 4.99 Å². The molecule has 19 heavy (non-hydrogen) atoms. The van der Waals surface area contributed by atoms with Gasteiger partial charge in [0.05, 0.1) is 5.69 Å². The highest BCUT2D eigenvalue weighted by molar-refractivity contribution is 5.79. The third-order valence-electron chi connectivity index (χ3n) is 2.81. The molecule has 2 aromatic rings. The maximum atomic E-state index is 4.36. The molecular weight excluding hydrogens is 236 g/mol. The summed E-state index contributed by atoms with van der Waals surface area (Å²) in [5.74, 6) is 0.781. The van der Waals surface area contributed by atoms with Crippen LogP contribution in [0.3, 0.4) is 0 Å². The fourth-order valence-electron chi connectivity index (χ4n) is 1.84. The molecule has 0 aliphatic heterocycles. The molecule has 0 spiro atoms. The molecule has 1 aromatic carbocycles. The van der Waals surface area contributed by atoms with E-state index >= 15 is 0 Å². The van der Waals surface area contributed by atoms with E-state index in [2.05, 4.69) is 38.8 Å². The summed E-state index contributed by atoms with van der Waals surface area (Å²) in [5.41, 5.74) is 3.31. The highest BCUT2D eigenvalue weighted by Gasteiger charge is 2.00. The van der Waals surface area contributed by atoms with Gasteiger partial charge in [0, 0.05) is 32.4 Å². The van der Waals surface area contributed by atoms with Gasteiger partial charge in [-0.25, -0.2) is 0 Å². The lowest BCUT2D eigenvalue weighted by atomic mass is 10.1. The van der Waals surface area contributed by atoms with Gasteiger partial charge in [0.25, 0.3) is 0 Å². The molecule has 0 aliphatic rings. The summed E-state index contributed by atoms with van der Waals surface area (Å²) >= 11 is 0. The average molecular weight is 254 g/mol. The summed E-state index contributed by atoms with van der Waals surface area (Å²) in [6.45, 7) is 0.730. The zero-order valence-electron chi connectivity index (χ0n) is 11.2. The second-order valence-corrected chi connectivity index (χ2v) is 4.09. The first kappa shape index (κ1) is 13.1. The number of nitrogens with zero attached hydrogens (tertiary/aromatic N) is 2. The largest absolute Gasteiger partial charge is 0.359 e. The Balaban J connectivity index is 2.12. The Morgan fingerprint density at radius 2 is 2.11 bits per heavy atom. The summed E-state index contributed by atoms with van der Waals surface area (Å²) in [6.07, 6.45) is 1.81. The van der Waals surface area contributed by atoms with Crippen LogP contribution in [0, 0.1) is 0 Å². The SMILES string of the molecule is CN=C(NC)NCc1cccc(-c2ccccn2)c1. The third kappa shape index (κ3) is 3.55. The summed E-state index contributed by atoms with van der Waals surface area (Å²) in [6, 6.07) is 14.3. The molecule has 0 amide bonds. The van der Waals surface area contributed by atoms with E-state index in [9.17, 15) is 0 Å². The molecule has 1 aromatic heterocycles. The Bertz CT molecular complexity index is 549. The smallest absolute Gasteiger partial charge is 0.190 e. The lowest BCUT2D eigenvalue weighted by Crippen LogP contribution is -2.34. The van der Waals surface area contributed by atoms with Gasteiger partial charge in [0.2, 0.25) is 0 Å². The zero-order chi connectivity index (χ0) is 13.5. The number of hydrogen-bond acceptors (Lipinski definition) is 2. The van der Waals surface area contributed by atoms with E-state index in [4.69, 9.17) is 0 Å². The zero-order valence-corrected chi connectivity index (χ0v) is 11.2. The van der Waals surface area contributed by atoms with Crippen molar-refractivity contribution in [3.05, 3.63) is 54.2 Å². The second-order valence-electron chi connectivity index (χ2n) is 4.09. The Morgan fingerprint density at radius 1 is 1.21 bits per heavy atom. The van der Waals surface area contributed by atoms with Gasteiger partial charge in [0.15, 0.2) is 5.96 Å². The third-order valence-corrected chi connectivity index (χ3v) is 2.81. The predicted octanol–water partition coefficient (Wildman–Crippen LogP) is 2.04. The lowest BCUT2D eigenvalue weighted by molar-refractivity contribution is 0.866. The van der Waals surface area contributed by atoms with Gasteiger partial charge in [-0.2, -0.15) is 0 Å². The average Bonchev–Trinajstić information content (AvgIpc) is 2.49. The van der Waals surface area contributed by atoms with Gasteiger partial charge >= 0.3 is 0 Å². The number of pyridine rings is 1. The molecule has 1 heterocycles. The van der Waals surface area contributed by atoms with E-state index in [1.54, 1.807) is 7.05 Å². The predicted molar refractivity (Wildman–Crippen MR) is 78.9 cm³/mol. The van der Waals surface area contributed by atoms with Crippen LogP contribution in [-0.4, -0.2) is 25.0 Å². The van der Waals surface area contributed by atoms with Crippen molar-refractivity contribution in [1.82, 2.24) is 15.6 Å². The van der Waals surface area contributed by atoms with Crippen molar-refractivity contribution in [3.8, 4) is 11.3 Å². The first-order valence-corrected chi connectivity index (χ1v) is 6.22. The molecule has 4 heteroatoms. The Labute approximate surface area is 113 Å². The molecule has 0 bridgehead atoms. The lowest BCUT2D eigenvalue weighted by Gasteiger charge is -2.09. The van der Waals surface area contributed by atoms with E-state index in [-0.39, 0.29) is 0 Å². The van der Waals surface area contributed by atoms with E-state index in [0.717, 1.165) is 23.8 Å². The molecule has 0 unspecified atom stereocenters. The van der Waals surface area contributed by atoms with Crippen LogP contribution in [0.25, 0.3) is 11.3 Å². The van der Waals surface area contributed by atoms with Gasteiger partial charge in [-0.1, -0.05) is 24.3 Å². The quantitative estimate of drug-likeness (QED) is 0.651. The summed E-state index contributed by atoms with van der Waals surface area (Å²) in [5, 5.41) is 6.23. The Hall–Kier alpha value is -2.36. The van der Waals surface area contributed by atoms with Gasteiger partial charge in [-0.15, -0.1) is 0 Å². The number of aromatic nitrogens is 1. The second kappa shape index (κ2) is 6.54. The molecule has 0 fully saturated rings. The molecule has 4 nitrogen and oxygen atoms in total. The number of aliphatic imine (C=N–C) groups is 1. The van der Waals surface area contributed by atoms with E-state index in [0.29, 0.717) is 0 Å². The minimum absolute atomic E-state index is 0.730.